The number of aromatic nitrogens is 1. The average Bonchev–Trinajstić information content (AvgIpc) is 3.33. The molecule has 4 aromatic rings. The lowest BCUT2D eigenvalue weighted by molar-refractivity contribution is 0.0847. The van der Waals surface area contributed by atoms with E-state index in [-0.39, 0.29) is 11.3 Å². The minimum atomic E-state index is -0.593. The van der Waals surface area contributed by atoms with Crippen LogP contribution in [0.25, 0.3) is 20.1 Å². The zero-order valence-electron chi connectivity index (χ0n) is 13.8. The lowest BCUT2D eigenvalue weighted by Crippen LogP contribution is -2.41. The SMILES string of the molecule is O=C(NNC(=O)c1ccccc1O)c1ccc(-c2nc3ccccc3s2)s1. The van der Waals surface area contributed by atoms with Gasteiger partial charge in [-0.05, 0) is 36.4 Å². The van der Waals surface area contributed by atoms with E-state index in [1.807, 2.05) is 30.3 Å². The summed E-state index contributed by atoms with van der Waals surface area (Å²) in [4.78, 5) is 30.2. The van der Waals surface area contributed by atoms with Gasteiger partial charge in [-0.2, -0.15) is 0 Å². The fraction of sp³-hybridized carbons (Fsp3) is 0. The van der Waals surface area contributed by atoms with E-state index >= 15 is 0 Å². The van der Waals surface area contributed by atoms with Gasteiger partial charge in [-0.15, -0.1) is 22.7 Å². The van der Waals surface area contributed by atoms with E-state index in [9.17, 15) is 14.7 Å². The fourth-order valence-corrected chi connectivity index (χ4v) is 4.38. The van der Waals surface area contributed by atoms with Gasteiger partial charge in [-0.25, -0.2) is 4.98 Å². The molecule has 2 aromatic carbocycles. The third-order valence-corrected chi connectivity index (χ3v) is 6.06. The molecule has 134 valence electrons. The Kier molecular flexibility index (Phi) is 4.57. The highest BCUT2D eigenvalue weighted by Gasteiger charge is 2.15. The quantitative estimate of drug-likeness (QED) is 0.460. The van der Waals surface area contributed by atoms with Crippen molar-refractivity contribution < 1.29 is 14.7 Å². The number of nitrogens with one attached hydrogen (secondary N) is 2. The monoisotopic (exact) mass is 395 g/mol. The van der Waals surface area contributed by atoms with Crippen LogP contribution in [0.3, 0.4) is 0 Å². The van der Waals surface area contributed by atoms with Gasteiger partial charge >= 0.3 is 0 Å². The van der Waals surface area contributed by atoms with E-state index in [0.717, 1.165) is 20.1 Å². The van der Waals surface area contributed by atoms with Gasteiger partial charge in [-0.1, -0.05) is 24.3 Å². The molecule has 0 aliphatic rings. The number of hydrogen-bond donors (Lipinski definition) is 3. The van der Waals surface area contributed by atoms with Crippen LogP contribution in [0.4, 0.5) is 0 Å². The largest absolute Gasteiger partial charge is 0.507 e. The van der Waals surface area contributed by atoms with E-state index in [2.05, 4.69) is 15.8 Å². The summed E-state index contributed by atoms with van der Waals surface area (Å²) in [5, 5.41) is 10.5. The number of fused-ring (bicyclic) bond motifs is 1. The number of para-hydroxylation sites is 2. The zero-order valence-corrected chi connectivity index (χ0v) is 15.4. The van der Waals surface area contributed by atoms with Crippen LogP contribution in [0.15, 0.2) is 60.7 Å². The zero-order chi connectivity index (χ0) is 18.8. The molecule has 2 amide bonds. The van der Waals surface area contributed by atoms with Crippen molar-refractivity contribution in [3.8, 4) is 15.6 Å². The molecule has 27 heavy (non-hydrogen) atoms. The first-order valence-corrected chi connectivity index (χ1v) is 9.59. The highest BCUT2D eigenvalue weighted by Crippen LogP contribution is 2.34. The Morgan fingerprint density at radius 2 is 1.59 bits per heavy atom. The molecule has 3 N–H and O–H groups in total. The molecule has 0 atom stereocenters. The number of thiophene rings is 1. The summed E-state index contributed by atoms with van der Waals surface area (Å²) in [6, 6.07) is 17.5. The third kappa shape index (κ3) is 3.53. The number of benzene rings is 2. The van der Waals surface area contributed by atoms with Crippen LogP contribution in [-0.2, 0) is 0 Å². The topological polar surface area (TPSA) is 91.3 Å². The molecule has 0 fully saturated rings. The van der Waals surface area contributed by atoms with Gasteiger partial charge in [-0.3, -0.25) is 20.4 Å². The van der Waals surface area contributed by atoms with Crippen molar-refractivity contribution in [2.45, 2.75) is 0 Å². The van der Waals surface area contributed by atoms with Gasteiger partial charge in [0, 0.05) is 0 Å². The van der Waals surface area contributed by atoms with Gasteiger partial charge in [0.05, 0.1) is 25.5 Å². The summed E-state index contributed by atoms with van der Waals surface area (Å²) in [6.07, 6.45) is 0. The molecule has 2 aromatic heterocycles. The van der Waals surface area contributed by atoms with Crippen molar-refractivity contribution in [3.63, 3.8) is 0 Å². The maximum absolute atomic E-state index is 12.3. The lowest BCUT2D eigenvalue weighted by atomic mass is 10.2. The molecular formula is C19H13N3O3S2. The van der Waals surface area contributed by atoms with E-state index < -0.39 is 11.8 Å². The molecule has 0 saturated carbocycles. The van der Waals surface area contributed by atoms with Crippen LogP contribution < -0.4 is 10.9 Å². The number of carbonyl (C=O) groups is 2. The molecule has 8 heteroatoms. The van der Waals surface area contributed by atoms with E-state index in [1.165, 1.54) is 23.5 Å². The van der Waals surface area contributed by atoms with Crippen LogP contribution in [0.5, 0.6) is 5.75 Å². The fourth-order valence-electron chi connectivity index (χ4n) is 2.46. The Bertz CT molecular complexity index is 1120. The number of thiazole rings is 1. The summed E-state index contributed by atoms with van der Waals surface area (Å²) >= 11 is 2.86. The average molecular weight is 395 g/mol. The lowest BCUT2D eigenvalue weighted by Gasteiger charge is -2.07. The van der Waals surface area contributed by atoms with Crippen molar-refractivity contribution in [3.05, 3.63) is 71.1 Å². The summed E-state index contributed by atoms with van der Waals surface area (Å²) in [5.74, 6) is -1.18. The number of phenols is 1. The van der Waals surface area contributed by atoms with Gasteiger partial charge in [0.15, 0.2) is 0 Å². The Labute approximate surface area is 162 Å². The summed E-state index contributed by atoms with van der Waals surface area (Å²) in [7, 11) is 0. The number of hydrazine groups is 1. The van der Waals surface area contributed by atoms with Crippen molar-refractivity contribution in [2.75, 3.05) is 0 Å². The molecule has 0 aliphatic heterocycles. The van der Waals surface area contributed by atoms with Crippen molar-refractivity contribution in [2.24, 2.45) is 0 Å². The smallest absolute Gasteiger partial charge is 0.279 e. The summed E-state index contributed by atoms with van der Waals surface area (Å²) < 4.78 is 1.09. The van der Waals surface area contributed by atoms with Gasteiger partial charge in [0.25, 0.3) is 11.8 Å². The molecule has 0 radical (unpaired) electrons. The Hall–Kier alpha value is -3.23. The third-order valence-electron chi connectivity index (χ3n) is 3.77. The normalized spacial score (nSPS) is 10.7. The van der Waals surface area contributed by atoms with Gasteiger partial charge < -0.3 is 5.11 Å². The van der Waals surface area contributed by atoms with E-state index in [1.54, 1.807) is 29.5 Å². The minimum absolute atomic E-state index is 0.0825. The van der Waals surface area contributed by atoms with Gasteiger partial charge in [0.2, 0.25) is 0 Å². The van der Waals surface area contributed by atoms with Gasteiger partial charge in [0.1, 0.15) is 10.8 Å². The highest BCUT2D eigenvalue weighted by atomic mass is 32.1. The molecule has 0 bridgehead atoms. The van der Waals surface area contributed by atoms with Crippen molar-refractivity contribution in [1.29, 1.82) is 0 Å². The number of aromatic hydroxyl groups is 1. The number of carbonyl (C=O) groups excluding carboxylic acids is 2. The summed E-state index contributed by atoms with van der Waals surface area (Å²) in [6.45, 7) is 0. The van der Waals surface area contributed by atoms with Crippen molar-refractivity contribution in [1.82, 2.24) is 15.8 Å². The maximum Gasteiger partial charge on any atom is 0.279 e. The van der Waals surface area contributed by atoms with Crippen molar-refractivity contribution >= 4 is 44.7 Å². The number of hydrogen-bond acceptors (Lipinski definition) is 6. The predicted octanol–water partition coefficient (Wildman–Crippen LogP) is 3.81. The second kappa shape index (κ2) is 7.18. The number of nitrogens with zero attached hydrogens (tertiary/aromatic N) is 1. The first kappa shape index (κ1) is 17.2. The van der Waals surface area contributed by atoms with E-state index in [4.69, 9.17) is 0 Å². The summed E-state index contributed by atoms with van der Waals surface area (Å²) in [5.41, 5.74) is 5.67. The molecule has 0 unspecified atom stereocenters. The molecule has 0 aliphatic carbocycles. The molecule has 0 spiro atoms. The number of rotatable bonds is 3. The molecule has 4 rings (SSSR count). The highest BCUT2D eigenvalue weighted by molar-refractivity contribution is 7.26. The van der Waals surface area contributed by atoms with Crippen LogP contribution >= 0.6 is 22.7 Å². The second-order valence-electron chi connectivity index (χ2n) is 5.58. The van der Waals surface area contributed by atoms with Crippen LogP contribution in [0.1, 0.15) is 20.0 Å². The molecule has 2 heterocycles. The molecule has 6 nitrogen and oxygen atoms in total. The molecular weight excluding hydrogens is 382 g/mol. The Morgan fingerprint density at radius 1 is 0.852 bits per heavy atom. The van der Waals surface area contributed by atoms with Crippen LogP contribution in [-0.4, -0.2) is 21.9 Å². The standard InChI is InChI=1S/C19H13N3O3S2/c23-13-7-3-1-5-11(13)17(24)21-22-18(25)15-9-10-16(26-15)19-20-12-6-2-4-8-14(12)27-19/h1-10,23H,(H,21,24)(H,22,25). The van der Waals surface area contributed by atoms with E-state index in [0.29, 0.717) is 4.88 Å². The molecule has 0 saturated heterocycles. The minimum Gasteiger partial charge on any atom is -0.507 e. The second-order valence-corrected chi connectivity index (χ2v) is 7.69. The Morgan fingerprint density at radius 3 is 2.41 bits per heavy atom. The van der Waals surface area contributed by atoms with Crippen LogP contribution in [0, 0.1) is 0 Å². The van der Waals surface area contributed by atoms with Crippen LogP contribution in [0.2, 0.25) is 0 Å². The predicted molar refractivity (Wildman–Crippen MR) is 106 cm³/mol. The Balaban J connectivity index is 1.46. The first-order valence-electron chi connectivity index (χ1n) is 7.96. The first-order chi connectivity index (χ1) is 13.1. The maximum atomic E-state index is 12.3. The number of amides is 2. The number of phenolic OH excluding ortho intramolecular Hbond substituents is 1.